The van der Waals surface area contributed by atoms with Gasteiger partial charge in [0.25, 0.3) is 0 Å². The highest BCUT2D eigenvalue weighted by Gasteiger charge is 2.35. The van der Waals surface area contributed by atoms with E-state index in [-0.39, 0.29) is 19.4 Å². The first kappa shape index (κ1) is 77.9. The number of nitrogens with two attached hydrogens (primary N) is 1. The molecule has 0 spiro atoms. The zero-order chi connectivity index (χ0) is 69.9. The summed E-state index contributed by atoms with van der Waals surface area (Å²) in [4.78, 5) is 216. The van der Waals surface area contributed by atoms with Crippen molar-refractivity contribution in [3.63, 3.8) is 0 Å². The highest BCUT2D eigenvalue weighted by Crippen LogP contribution is 2.20. The highest BCUT2D eigenvalue weighted by atomic mass is 16.4. The Bertz CT molecular complexity index is 3050. The molecule has 37 nitrogen and oxygen atoms in total. The maximum absolute atomic E-state index is 13.4. The van der Waals surface area contributed by atoms with Crippen LogP contribution in [0.2, 0.25) is 0 Å². The Hall–Kier alpha value is -10.3. The minimum Gasteiger partial charge on any atom is -0.480 e. The monoisotopic (exact) mass is 1310 g/mol. The van der Waals surface area contributed by atoms with E-state index in [4.69, 9.17) is 5.73 Å². The smallest absolute Gasteiger partial charge is 0.326 e. The zero-order valence-electron chi connectivity index (χ0n) is 51.6. The van der Waals surface area contributed by atoms with Crippen molar-refractivity contribution in [1.29, 1.82) is 0 Å². The van der Waals surface area contributed by atoms with Gasteiger partial charge in [0.2, 0.25) is 94.5 Å². The SMILES string of the molecule is CN[C@@H](Cc1c[nH]c2ccccc12)C(=O)N[CH]C(=O)N[CH]C(=O)N[CH]C(=O)N1CCC[C@H]1C(=O)N[CH]C(=O)N[CH]C(=O)N[CH]C(=O)N[C@H](C(=O)N[C@H](C(=O)N[CH]C(=O)N[CH]C(=O)N[CH]C(=O)N[CH]C(=O)N[CH]C(=O)NCC(=O)N[C@@H](CCCCN)C(=O)O)C(C)C)C(C)C. The first-order valence-corrected chi connectivity index (χ1v) is 28.8. The van der Waals surface area contributed by atoms with Crippen molar-refractivity contribution in [2.45, 2.75) is 96.4 Å². The van der Waals surface area contributed by atoms with Gasteiger partial charge in [0.05, 0.1) is 12.6 Å². The number of nitrogens with zero attached hydrogens (tertiary/aromatic N) is 1. The molecule has 0 saturated carbocycles. The third-order valence-electron chi connectivity index (χ3n) is 12.9. The average Bonchev–Trinajstić information content (AvgIpc) is 1.69. The third kappa shape index (κ3) is 29.3. The Morgan fingerprint density at radius 1 is 0.543 bits per heavy atom. The summed E-state index contributed by atoms with van der Waals surface area (Å²) < 4.78 is 0. The number of carbonyl (C=O) groups is 17. The molecule has 0 aliphatic carbocycles. The van der Waals surface area contributed by atoms with Crippen LogP contribution in [-0.4, -0.2) is 172 Å². The molecule has 2 aromatic rings. The Labute approximate surface area is 540 Å². The molecule has 1 aromatic carbocycles. The van der Waals surface area contributed by atoms with E-state index < -0.39 is 149 Å². The second-order valence-corrected chi connectivity index (χ2v) is 20.7. The second-order valence-electron chi connectivity index (χ2n) is 20.7. The lowest BCUT2D eigenvalue weighted by Gasteiger charge is -2.27. The number of amides is 16. The molecule has 1 aliphatic rings. The van der Waals surface area contributed by atoms with Crippen LogP contribution in [-0.2, 0) is 87.9 Å². The number of aliphatic carboxylic acids is 1. The van der Waals surface area contributed by atoms with Gasteiger partial charge < -0.3 is 106 Å². The number of likely N-dealkylation sites (tertiary alicyclic amines) is 1. The third-order valence-corrected chi connectivity index (χ3v) is 12.9. The number of nitrogens with one attached hydrogen (secondary N) is 17. The average molecular weight is 1320 g/mol. The molecule has 16 amide bonds. The number of likely N-dealkylation sites (N-methyl/N-ethyl adjacent to an activating group) is 1. The molecule has 507 valence electrons. The van der Waals surface area contributed by atoms with Gasteiger partial charge in [-0.05, 0) is 75.6 Å². The normalized spacial score (nSPS) is 13.7. The summed E-state index contributed by atoms with van der Waals surface area (Å²) in [6, 6.07) is 1.97. The fourth-order valence-corrected chi connectivity index (χ4v) is 8.07. The number of carboxylic acid groups (broad SMARTS) is 1. The quantitative estimate of drug-likeness (QED) is 0.0275. The van der Waals surface area contributed by atoms with Crippen LogP contribution in [0.25, 0.3) is 10.9 Å². The molecule has 2 heterocycles. The number of aromatic nitrogens is 1. The van der Waals surface area contributed by atoms with E-state index >= 15 is 0 Å². The van der Waals surface area contributed by atoms with Crippen LogP contribution in [0.4, 0.5) is 0 Å². The molecule has 20 N–H and O–H groups in total. The van der Waals surface area contributed by atoms with Gasteiger partial charge in [-0.3, -0.25) is 76.7 Å². The lowest BCUT2D eigenvalue weighted by Crippen LogP contribution is -2.57. The fraction of sp³-hybridized carbons (Fsp3) is 0.368. The van der Waals surface area contributed by atoms with Crippen molar-refractivity contribution < 1.29 is 86.6 Å². The van der Waals surface area contributed by atoms with E-state index in [1.54, 1.807) is 40.9 Å². The van der Waals surface area contributed by atoms with Gasteiger partial charge in [-0.25, -0.2) is 4.79 Å². The van der Waals surface area contributed by atoms with Crippen molar-refractivity contribution in [3.8, 4) is 0 Å². The van der Waals surface area contributed by atoms with Crippen molar-refractivity contribution in [3.05, 3.63) is 108 Å². The van der Waals surface area contributed by atoms with Crippen LogP contribution in [0, 0.1) is 83.8 Å². The Balaban J connectivity index is 1.28. The van der Waals surface area contributed by atoms with Crippen LogP contribution in [0.5, 0.6) is 0 Å². The molecule has 37 heteroatoms. The summed E-state index contributed by atoms with van der Waals surface area (Å²) >= 11 is 0. The number of carboxylic acids is 1. The van der Waals surface area contributed by atoms with E-state index in [0.717, 1.165) is 34.5 Å². The lowest BCUT2D eigenvalue weighted by atomic mass is 9.99. The van der Waals surface area contributed by atoms with Crippen LogP contribution < -0.4 is 90.8 Å². The van der Waals surface area contributed by atoms with Gasteiger partial charge in [-0.15, -0.1) is 0 Å². The summed E-state index contributed by atoms with van der Waals surface area (Å²) in [5.41, 5.74) is 7.16. The molecule has 11 radical (unpaired) electrons. The van der Waals surface area contributed by atoms with Gasteiger partial charge in [0.1, 0.15) is 96.2 Å². The lowest BCUT2D eigenvalue weighted by molar-refractivity contribution is -0.142. The molecule has 1 aromatic heterocycles. The largest absolute Gasteiger partial charge is 0.480 e. The predicted octanol–water partition coefficient (Wildman–Crippen LogP) is -7.56. The summed E-state index contributed by atoms with van der Waals surface area (Å²) in [6.07, 6.45) is 3.77. The topological polar surface area (TPSA) is 548 Å². The highest BCUT2D eigenvalue weighted by molar-refractivity contribution is 6.03. The van der Waals surface area contributed by atoms with E-state index in [9.17, 15) is 86.6 Å². The molecular formula is C57H76N19O18. The number of para-hydroxylation sites is 1. The molecule has 1 aliphatic heterocycles. The van der Waals surface area contributed by atoms with Crippen LogP contribution in [0.1, 0.15) is 65.4 Å². The van der Waals surface area contributed by atoms with Gasteiger partial charge in [-0.2, -0.15) is 0 Å². The summed E-state index contributed by atoms with van der Waals surface area (Å²) in [7, 11) is 1.59. The minimum atomic E-state index is -1.30. The molecule has 94 heavy (non-hydrogen) atoms. The summed E-state index contributed by atoms with van der Waals surface area (Å²) in [5, 5.41) is 45.5. The van der Waals surface area contributed by atoms with Gasteiger partial charge >= 0.3 is 5.97 Å². The van der Waals surface area contributed by atoms with Crippen LogP contribution in [0.15, 0.2) is 30.5 Å². The van der Waals surface area contributed by atoms with E-state index in [1.165, 1.54) is 0 Å². The first-order chi connectivity index (χ1) is 44.6. The number of H-pyrrole nitrogens is 1. The van der Waals surface area contributed by atoms with E-state index in [2.05, 4.69) is 68.8 Å². The van der Waals surface area contributed by atoms with Crippen molar-refractivity contribution >= 4 is 111 Å². The maximum atomic E-state index is 13.4. The van der Waals surface area contributed by atoms with E-state index in [1.807, 2.05) is 45.5 Å². The molecule has 1 fully saturated rings. The molecule has 1 saturated heterocycles. The summed E-state index contributed by atoms with van der Waals surface area (Å²) in [6.45, 7) is 13.2. The number of fused-ring (bicyclic) bond motifs is 1. The van der Waals surface area contributed by atoms with Crippen LogP contribution in [0.3, 0.4) is 0 Å². The number of rotatable bonds is 41. The maximum Gasteiger partial charge on any atom is 0.326 e. The molecule has 0 unspecified atom stereocenters. The van der Waals surface area contributed by atoms with Crippen molar-refractivity contribution in [2.75, 3.05) is 26.7 Å². The van der Waals surface area contributed by atoms with Gasteiger partial charge in [-0.1, -0.05) is 45.9 Å². The first-order valence-electron chi connectivity index (χ1n) is 28.8. The molecule has 5 atom stereocenters. The Kier molecular flexibility index (Phi) is 34.2. The number of hydrogen-bond donors (Lipinski definition) is 19. The Morgan fingerprint density at radius 2 is 1.00 bits per heavy atom. The molecule has 0 bridgehead atoms. The minimum absolute atomic E-state index is 0.103. The summed E-state index contributed by atoms with van der Waals surface area (Å²) in [5.74, 6) is -17.1. The van der Waals surface area contributed by atoms with Gasteiger partial charge in [0, 0.05) is 23.6 Å². The molecular weight excluding hydrogens is 1240 g/mol. The van der Waals surface area contributed by atoms with E-state index in [0.29, 0.717) is 91.1 Å². The number of hydrogen-bond acceptors (Lipinski definition) is 19. The number of benzene rings is 1. The van der Waals surface area contributed by atoms with Gasteiger partial charge in [0.15, 0.2) is 0 Å². The number of aromatic amines is 1. The number of unbranched alkanes of at least 4 members (excludes halogenated alkanes) is 1. The second kappa shape index (κ2) is 41.2. The standard InChI is InChI=1S/C57H76N19O18/c1-31(2)51(55(91)72-27-47(85)65-21-41(79)62-19-39(77)61-20-40(78)63-22-42(80)67-28-48(86)73-36(57(93)94)13-8-9-15-58)75-56(92)52(32(3)4)74-49(87)29-68-43(81)23-64-46(84)26-71-54(90)38-14-10-16-76(38)50(88)30-69-44(82)24-66-45(83)25-70-53(89)37(59-5)17-33-18-60-35-12-7-6-11-34(33)35/h6-7,11-12,18-27,29-32,36-38,51-52,59-60H,8-10,13-17,28,58H2,1-5H3,(H,61,77)(H,62,79)(H,63,78)(H,64,84)(H,65,85)(H,66,83)(H,67,80)(H,68,81)(H,69,82)(H,70,89)(H,71,90)(H,72,91)(H,73,86)(H,74,87)(H,75,92)(H,93,94)/t36-,37-,38-,51-,52-/m0/s1. The Morgan fingerprint density at radius 3 is 1.50 bits per heavy atom. The van der Waals surface area contributed by atoms with Crippen molar-refractivity contribution in [2.24, 2.45) is 17.6 Å². The van der Waals surface area contributed by atoms with Crippen LogP contribution >= 0.6 is 0 Å². The van der Waals surface area contributed by atoms with Crippen molar-refractivity contribution in [1.82, 2.24) is 95.0 Å². The predicted molar refractivity (Wildman–Crippen MR) is 325 cm³/mol. The fourth-order valence-electron chi connectivity index (χ4n) is 8.07. The number of carbonyl (C=O) groups excluding carboxylic acids is 16. The zero-order valence-corrected chi connectivity index (χ0v) is 51.6. The molecule has 3 rings (SSSR count).